The van der Waals surface area contributed by atoms with Crippen molar-refractivity contribution in [3.8, 4) is 22.3 Å². The summed E-state index contributed by atoms with van der Waals surface area (Å²) in [4.78, 5) is 0. The Kier molecular flexibility index (Phi) is 4.47. The fraction of sp³-hybridized carbons (Fsp3) is 0. The summed E-state index contributed by atoms with van der Waals surface area (Å²) in [5.41, 5.74) is 8.64. The molecule has 5 aromatic carbocycles. The van der Waals surface area contributed by atoms with E-state index in [0.717, 1.165) is 38.9 Å². The van der Waals surface area contributed by atoms with E-state index in [4.69, 9.17) is 4.42 Å². The second-order valence-corrected chi connectivity index (χ2v) is 7.93. The summed E-state index contributed by atoms with van der Waals surface area (Å²) in [7, 11) is 0. The lowest BCUT2D eigenvalue weighted by atomic mass is 9.98. The number of hydrogen-bond donors (Lipinski definition) is 1. The van der Waals surface area contributed by atoms with Crippen LogP contribution >= 0.6 is 0 Å². The van der Waals surface area contributed by atoms with Crippen molar-refractivity contribution in [2.45, 2.75) is 0 Å². The molecule has 0 saturated carbocycles. The number of furan rings is 1. The fourth-order valence-corrected chi connectivity index (χ4v) is 4.30. The molecular formula is C30H21NO. The summed E-state index contributed by atoms with van der Waals surface area (Å²) >= 11 is 0. The van der Waals surface area contributed by atoms with Gasteiger partial charge in [-0.25, -0.2) is 0 Å². The van der Waals surface area contributed by atoms with Crippen molar-refractivity contribution in [1.82, 2.24) is 0 Å². The molecule has 0 amide bonds. The van der Waals surface area contributed by atoms with Gasteiger partial charge in [-0.1, -0.05) is 84.9 Å². The van der Waals surface area contributed by atoms with E-state index in [1.54, 1.807) is 0 Å². The van der Waals surface area contributed by atoms with Crippen molar-refractivity contribution >= 4 is 33.3 Å². The molecule has 0 bridgehead atoms. The van der Waals surface area contributed by atoms with Crippen LogP contribution in [0.2, 0.25) is 0 Å². The highest BCUT2D eigenvalue weighted by atomic mass is 16.3. The molecule has 1 heterocycles. The van der Waals surface area contributed by atoms with E-state index < -0.39 is 0 Å². The minimum absolute atomic E-state index is 0.889. The number of benzene rings is 5. The average molecular weight is 412 g/mol. The van der Waals surface area contributed by atoms with Gasteiger partial charge < -0.3 is 9.73 Å². The minimum Gasteiger partial charge on any atom is -0.456 e. The largest absolute Gasteiger partial charge is 0.456 e. The van der Waals surface area contributed by atoms with Crippen LogP contribution in [0.15, 0.2) is 126 Å². The predicted octanol–water partition coefficient (Wildman–Crippen LogP) is 8.66. The van der Waals surface area contributed by atoms with Gasteiger partial charge in [0.2, 0.25) is 0 Å². The molecule has 1 aromatic heterocycles. The van der Waals surface area contributed by atoms with Crippen LogP contribution in [0.1, 0.15) is 0 Å². The van der Waals surface area contributed by atoms with Gasteiger partial charge >= 0.3 is 0 Å². The lowest BCUT2D eigenvalue weighted by molar-refractivity contribution is 0.669. The number of para-hydroxylation sites is 2. The van der Waals surface area contributed by atoms with Gasteiger partial charge in [0, 0.05) is 33.8 Å². The molecule has 0 aliphatic heterocycles. The third kappa shape index (κ3) is 3.32. The van der Waals surface area contributed by atoms with E-state index in [-0.39, 0.29) is 0 Å². The van der Waals surface area contributed by atoms with E-state index >= 15 is 0 Å². The Morgan fingerprint density at radius 3 is 2.12 bits per heavy atom. The van der Waals surface area contributed by atoms with Crippen molar-refractivity contribution in [2.24, 2.45) is 0 Å². The predicted molar refractivity (Wildman–Crippen MR) is 134 cm³/mol. The van der Waals surface area contributed by atoms with E-state index in [0.29, 0.717) is 0 Å². The second kappa shape index (κ2) is 7.75. The van der Waals surface area contributed by atoms with Crippen molar-refractivity contribution in [1.29, 1.82) is 0 Å². The fourth-order valence-electron chi connectivity index (χ4n) is 4.30. The summed E-state index contributed by atoms with van der Waals surface area (Å²) in [5, 5.41) is 5.89. The van der Waals surface area contributed by atoms with Gasteiger partial charge in [-0.05, 0) is 47.0 Å². The Morgan fingerprint density at radius 1 is 0.469 bits per heavy atom. The molecule has 0 aliphatic rings. The number of hydrogen-bond acceptors (Lipinski definition) is 2. The van der Waals surface area contributed by atoms with Gasteiger partial charge in [0.25, 0.3) is 0 Å². The quantitative estimate of drug-likeness (QED) is 0.314. The van der Waals surface area contributed by atoms with Crippen molar-refractivity contribution < 1.29 is 4.42 Å². The monoisotopic (exact) mass is 411 g/mol. The molecule has 2 heteroatoms. The summed E-state index contributed by atoms with van der Waals surface area (Å²) < 4.78 is 6.07. The second-order valence-electron chi connectivity index (χ2n) is 7.93. The Hall–Kier alpha value is -4.30. The Labute approximate surface area is 186 Å². The zero-order valence-electron chi connectivity index (χ0n) is 17.5. The molecule has 32 heavy (non-hydrogen) atoms. The van der Waals surface area contributed by atoms with E-state index in [1.165, 1.54) is 16.7 Å². The van der Waals surface area contributed by atoms with Gasteiger partial charge in [-0.3, -0.25) is 0 Å². The van der Waals surface area contributed by atoms with E-state index in [2.05, 4.69) is 102 Å². The van der Waals surface area contributed by atoms with Gasteiger partial charge in [0.15, 0.2) is 0 Å². The first-order chi connectivity index (χ1) is 15.8. The van der Waals surface area contributed by atoms with Crippen LogP contribution < -0.4 is 5.32 Å². The van der Waals surface area contributed by atoms with Gasteiger partial charge in [-0.15, -0.1) is 0 Å². The molecule has 1 N–H and O–H groups in total. The third-order valence-corrected chi connectivity index (χ3v) is 5.87. The van der Waals surface area contributed by atoms with E-state index in [1.807, 2.05) is 24.3 Å². The average Bonchev–Trinajstić information content (AvgIpc) is 3.23. The maximum atomic E-state index is 6.07. The van der Waals surface area contributed by atoms with Crippen LogP contribution in [0.4, 0.5) is 11.4 Å². The topological polar surface area (TPSA) is 25.2 Å². The molecule has 0 aliphatic carbocycles. The Bertz CT molecular complexity index is 1550. The van der Waals surface area contributed by atoms with Gasteiger partial charge in [-0.2, -0.15) is 0 Å². The summed E-state index contributed by atoms with van der Waals surface area (Å²) in [5.74, 6) is 0. The molecule has 2 nitrogen and oxygen atoms in total. The number of nitrogens with one attached hydrogen (secondary N) is 1. The number of anilines is 2. The summed E-state index contributed by atoms with van der Waals surface area (Å²) in [6, 6.07) is 42.1. The minimum atomic E-state index is 0.889. The molecule has 6 aromatic rings. The SMILES string of the molecule is c1ccc(-c2cccc(-c3ccccc3Nc3ccc4c(c3)oc3ccccc34)c2)cc1. The zero-order valence-corrected chi connectivity index (χ0v) is 17.5. The van der Waals surface area contributed by atoms with Crippen LogP contribution in [-0.4, -0.2) is 0 Å². The highest BCUT2D eigenvalue weighted by molar-refractivity contribution is 6.05. The van der Waals surface area contributed by atoms with Crippen molar-refractivity contribution in [3.05, 3.63) is 121 Å². The van der Waals surface area contributed by atoms with Crippen LogP contribution in [0.3, 0.4) is 0 Å². The third-order valence-electron chi connectivity index (χ3n) is 5.87. The van der Waals surface area contributed by atoms with Crippen LogP contribution in [0, 0.1) is 0 Å². The molecule has 0 spiro atoms. The Balaban J connectivity index is 1.38. The van der Waals surface area contributed by atoms with Gasteiger partial charge in [0.05, 0.1) is 0 Å². The standard InChI is InChI=1S/C30H21NO/c1-2-9-21(10-3-1)22-11-8-12-23(19-22)25-13-4-6-15-28(25)31-24-17-18-27-26-14-5-7-16-29(26)32-30(27)20-24/h1-20,31H. The number of rotatable bonds is 4. The first kappa shape index (κ1) is 18.5. The van der Waals surface area contributed by atoms with Crippen LogP contribution in [-0.2, 0) is 0 Å². The molecule has 0 fully saturated rings. The van der Waals surface area contributed by atoms with Gasteiger partial charge in [0.1, 0.15) is 11.2 Å². The maximum absolute atomic E-state index is 6.07. The lowest BCUT2D eigenvalue weighted by Crippen LogP contribution is -1.93. The smallest absolute Gasteiger partial charge is 0.137 e. The molecule has 0 unspecified atom stereocenters. The molecule has 0 atom stereocenters. The highest BCUT2D eigenvalue weighted by Gasteiger charge is 2.10. The molecule has 0 radical (unpaired) electrons. The highest BCUT2D eigenvalue weighted by Crippen LogP contribution is 2.35. The Morgan fingerprint density at radius 2 is 1.19 bits per heavy atom. The molecule has 0 saturated heterocycles. The summed E-state index contributed by atoms with van der Waals surface area (Å²) in [6.45, 7) is 0. The summed E-state index contributed by atoms with van der Waals surface area (Å²) in [6.07, 6.45) is 0. The van der Waals surface area contributed by atoms with Crippen molar-refractivity contribution in [3.63, 3.8) is 0 Å². The van der Waals surface area contributed by atoms with E-state index in [9.17, 15) is 0 Å². The molecular weight excluding hydrogens is 390 g/mol. The van der Waals surface area contributed by atoms with Crippen LogP contribution in [0.25, 0.3) is 44.2 Å². The normalized spacial score (nSPS) is 11.1. The molecule has 152 valence electrons. The first-order valence-corrected chi connectivity index (χ1v) is 10.8. The number of fused-ring (bicyclic) bond motifs is 3. The van der Waals surface area contributed by atoms with Crippen LogP contribution in [0.5, 0.6) is 0 Å². The zero-order chi connectivity index (χ0) is 21.3. The maximum Gasteiger partial charge on any atom is 0.137 e. The van der Waals surface area contributed by atoms with Crippen molar-refractivity contribution in [2.75, 3.05) is 5.32 Å². The first-order valence-electron chi connectivity index (χ1n) is 10.8. The molecule has 6 rings (SSSR count). The lowest BCUT2D eigenvalue weighted by Gasteiger charge is -2.13.